The lowest BCUT2D eigenvalue weighted by atomic mass is 9.82. The maximum absolute atomic E-state index is 10.0. The number of methoxy groups -OCH3 is 1. The number of ether oxygens (including phenoxy) is 1. The summed E-state index contributed by atoms with van der Waals surface area (Å²) in [5, 5.41) is 13.6. The Bertz CT molecular complexity index is 1010. The second-order valence-corrected chi connectivity index (χ2v) is 8.19. The fourth-order valence-electron chi connectivity index (χ4n) is 5.02. The number of aliphatic hydroxyl groups is 1. The largest absolute Gasteiger partial charge is 0.497 e. The van der Waals surface area contributed by atoms with Crippen LogP contribution < -0.4 is 10.1 Å². The van der Waals surface area contributed by atoms with Crippen molar-refractivity contribution in [3.63, 3.8) is 0 Å². The lowest BCUT2D eigenvalue weighted by molar-refractivity contribution is 0.172. The summed E-state index contributed by atoms with van der Waals surface area (Å²) < 4.78 is 5.30. The minimum absolute atomic E-state index is 0.0942. The van der Waals surface area contributed by atoms with E-state index in [1.54, 1.807) is 7.11 Å². The summed E-state index contributed by atoms with van der Waals surface area (Å²) in [7, 11) is 1.69. The molecule has 0 amide bonds. The van der Waals surface area contributed by atoms with Crippen LogP contribution in [-0.4, -0.2) is 41.3 Å². The number of hydrogen-bond acceptors (Lipinski definition) is 5. The van der Waals surface area contributed by atoms with Crippen LogP contribution in [0.3, 0.4) is 0 Å². The Hall–Kier alpha value is -2.89. The summed E-state index contributed by atoms with van der Waals surface area (Å²) in [6.45, 7) is 2.08. The fraction of sp³-hybridized carbons (Fsp3) is 0.320. The molecule has 3 atom stereocenters. The van der Waals surface area contributed by atoms with Gasteiger partial charge in [0.25, 0.3) is 0 Å². The molecule has 0 unspecified atom stereocenters. The second kappa shape index (κ2) is 8.09. The number of fused-ring (bicyclic) bond motifs is 3. The van der Waals surface area contributed by atoms with Crippen LogP contribution in [0, 0.1) is 5.92 Å². The minimum Gasteiger partial charge on any atom is -0.497 e. The fourth-order valence-corrected chi connectivity index (χ4v) is 5.02. The van der Waals surface area contributed by atoms with Crippen molar-refractivity contribution in [1.29, 1.82) is 0 Å². The number of pyridine rings is 1. The zero-order chi connectivity index (χ0) is 20.5. The van der Waals surface area contributed by atoms with Gasteiger partial charge in [-0.2, -0.15) is 0 Å². The van der Waals surface area contributed by atoms with Crippen LogP contribution in [0.1, 0.15) is 23.6 Å². The Morgan fingerprint density at radius 2 is 1.83 bits per heavy atom. The van der Waals surface area contributed by atoms with Crippen molar-refractivity contribution in [2.75, 3.05) is 25.6 Å². The summed E-state index contributed by atoms with van der Waals surface area (Å²) in [4.78, 5) is 6.71. The van der Waals surface area contributed by atoms with Crippen molar-refractivity contribution >= 4 is 5.69 Å². The first-order valence-corrected chi connectivity index (χ1v) is 10.6. The number of benzene rings is 2. The number of nitrogens with zero attached hydrogens (tertiary/aromatic N) is 2. The van der Waals surface area contributed by atoms with Crippen molar-refractivity contribution in [2.45, 2.75) is 25.0 Å². The Kier molecular flexibility index (Phi) is 5.15. The Balaban J connectivity index is 1.51. The SMILES string of the molecule is COc1ccc(-c2ccc3c(c2)[C@@H]2[C@@H](CCN2Cc2ccncc2)[C@@H](CO)N3)cc1. The van der Waals surface area contributed by atoms with Crippen molar-refractivity contribution in [3.8, 4) is 16.9 Å². The highest BCUT2D eigenvalue weighted by Crippen LogP contribution is 2.47. The monoisotopic (exact) mass is 401 g/mol. The first-order valence-electron chi connectivity index (χ1n) is 10.6. The van der Waals surface area contributed by atoms with Gasteiger partial charge in [-0.05, 0) is 71.6 Å². The highest BCUT2D eigenvalue weighted by Gasteiger charge is 2.43. The first-order chi connectivity index (χ1) is 14.8. The number of nitrogens with one attached hydrogen (secondary N) is 1. The molecular weight excluding hydrogens is 374 g/mol. The Morgan fingerprint density at radius 1 is 1.07 bits per heavy atom. The minimum atomic E-state index is 0.0942. The predicted octanol–water partition coefficient (Wildman–Crippen LogP) is 4.11. The van der Waals surface area contributed by atoms with Crippen LogP contribution in [0.15, 0.2) is 67.0 Å². The summed E-state index contributed by atoms with van der Waals surface area (Å²) in [5.74, 6) is 1.26. The van der Waals surface area contributed by atoms with Gasteiger partial charge in [0.05, 0.1) is 19.8 Å². The number of likely N-dealkylation sites (tertiary alicyclic amines) is 1. The molecule has 2 N–H and O–H groups in total. The molecule has 1 fully saturated rings. The molecule has 1 saturated heterocycles. The lowest BCUT2D eigenvalue weighted by Crippen LogP contribution is -2.41. The van der Waals surface area contributed by atoms with Crippen LogP contribution in [0.2, 0.25) is 0 Å². The molecule has 0 saturated carbocycles. The van der Waals surface area contributed by atoms with Gasteiger partial charge in [-0.25, -0.2) is 0 Å². The molecule has 0 bridgehead atoms. The standard InChI is InChI=1S/C25H27N3O2/c1-30-20-5-2-18(3-6-20)19-4-7-23-22(14-19)25-21(24(16-29)27-23)10-13-28(25)15-17-8-11-26-12-9-17/h2-9,11-12,14,21,24-25,27,29H,10,13,15-16H2,1H3/t21-,24+,25-/m0/s1. The van der Waals surface area contributed by atoms with E-state index in [2.05, 4.69) is 57.7 Å². The highest BCUT2D eigenvalue weighted by molar-refractivity contribution is 5.70. The van der Waals surface area contributed by atoms with E-state index in [1.165, 1.54) is 22.3 Å². The second-order valence-electron chi connectivity index (χ2n) is 8.19. The first kappa shape index (κ1) is 19.1. The van der Waals surface area contributed by atoms with Gasteiger partial charge in [-0.1, -0.05) is 18.2 Å². The van der Waals surface area contributed by atoms with E-state index in [0.717, 1.165) is 30.9 Å². The van der Waals surface area contributed by atoms with E-state index >= 15 is 0 Å². The smallest absolute Gasteiger partial charge is 0.118 e. The number of aliphatic hydroxyl groups excluding tert-OH is 1. The molecule has 1 aromatic heterocycles. The van der Waals surface area contributed by atoms with E-state index < -0.39 is 0 Å². The van der Waals surface area contributed by atoms with Crippen molar-refractivity contribution in [1.82, 2.24) is 9.88 Å². The zero-order valence-corrected chi connectivity index (χ0v) is 17.2. The third-order valence-electron chi connectivity index (χ3n) is 6.53. The molecule has 3 aromatic rings. The van der Waals surface area contributed by atoms with Gasteiger partial charge < -0.3 is 15.2 Å². The molecule has 0 radical (unpaired) electrons. The number of rotatable bonds is 5. The number of anilines is 1. The molecule has 154 valence electrons. The zero-order valence-electron chi connectivity index (χ0n) is 17.2. The van der Waals surface area contributed by atoms with Gasteiger partial charge >= 0.3 is 0 Å². The topological polar surface area (TPSA) is 57.6 Å². The lowest BCUT2D eigenvalue weighted by Gasteiger charge is -2.39. The van der Waals surface area contributed by atoms with E-state index in [9.17, 15) is 5.11 Å². The molecule has 0 aliphatic carbocycles. The highest BCUT2D eigenvalue weighted by atomic mass is 16.5. The van der Waals surface area contributed by atoms with E-state index in [0.29, 0.717) is 12.0 Å². The van der Waals surface area contributed by atoms with Gasteiger partial charge in [0.1, 0.15) is 5.75 Å². The van der Waals surface area contributed by atoms with Crippen molar-refractivity contribution in [3.05, 3.63) is 78.1 Å². The van der Waals surface area contributed by atoms with Crippen LogP contribution >= 0.6 is 0 Å². The van der Waals surface area contributed by atoms with Gasteiger partial charge in [0.2, 0.25) is 0 Å². The maximum Gasteiger partial charge on any atom is 0.118 e. The molecule has 2 aliphatic heterocycles. The predicted molar refractivity (Wildman–Crippen MR) is 118 cm³/mol. The van der Waals surface area contributed by atoms with Gasteiger partial charge in [-0.15, -0.1) is 0 Å². The summed E-state index contributed by atoms with van der Waals surface area (Å²) in [5.41, 5.74) is 6.12. The van der Waals surface area contributed by atoms with Crippen molar-refractivity contribution < 1.29 is 9.84 Å². The third kappa shape index (κ3) is 3.44. The molecule has 3 heterocycles. The van der Waals surface area contributed by atoms with E-state index in [-0.39, 0.29) is 12.6 Å². The van der Waals surface area contributed by atoms with Gasteiger partial charge in [0.15, 0.2) is 0 Å². The van der Waals surface area contributed by atoms with Crippen molar-refractivity contribution in [2.24, 2.45) is 5.92 Å². The van der Waals surface area contributed by atoms with E-state index in [4.69, 9.17) is 4.74 Å². The van der Waals surface area contributed by atoms with E-state index in [1.807, 2.05) is 24.5 Å². The average Bonchev–Trinajstić information content (AvgIpc) is 3.23. The Morgan fingerprint density at radius 3 is 2.57 bits per heavy atom. The summed E-state index contributed by atoms with van der Waals surface area (Å²) >= 11 is 0. The molecule has 5 nitrogen and oxygen atoms in total. The number of aromatic nitrogens is 1. The third-order valence-corrected chi connectivity index (χ3v) is 6.53. The summed E-state index contributed by atoms with van der Waals surface area (Å²) in [6, 6.07) is 19.4. The van der Waals surface area contributed by atoms with Gasteiger partial charge in [-0.3, -0.25) is 9.88 Å². The molecule has 5 heteroatoms. The quantitative estimate of drug-likeness (QED) is 0.674. The summed E-state index contributed by atoms with van der Waals surface area (Å²) in [6.07, 6.45) is 4.80. The molecule has 5 rings (SSSR count). The van der Waals surface area contributed by atoms with Crippen LogP contribution in [-0.2, 0) is 6.54 Å². The number of hydrogen-bond donors (Lipinski definition) is 2. The van der Waals surface area contributed by atoms with Gasteiger partial charge in [0, 0.05) is 36.6 Å². The Labute approximate surface area is 177 Å². The molecule has 0 spiro atoms. The van der Waals surface area contributed by atoms with Crippen LogP contribution in [0.4, 0.5) is 5.69 Å². The van der Waals surface area contributed by atoms with Crippen LogP contribution in [0.25, 0.3) is 11.1 Å². The molecular formula is C25H27N3O2. The van der Waals surface area contributed by atoms with Crippen LogP contribution in [0.5, 0.6) is 5.75 Å². The molecule has 30 heavy (non-hydrogen) atoms. The average molecular weight is 402 g/mol. The molecule has 2 aliphatic rings. The normalized spacial score (nSPS) is 22.8. The maximum atomic E-state index is 10.0. The molecule has 2 aromatic carbocycles.